The van der Waals surface area contributed by atoms with Crippen LogP contribution < -0.4 is 11.1 Å². The Balaban J connectivity index is 1.73. The molecule has 0 saturated carbocycles. The first kappa shape index (κ1) is 19.4. The van der Waals surface area contributed by atoms with Crippen molar-refractivity contribution in [3.05, 3.63) is 77.9 Å². The lowest BCUT2D eigenvalue weighted by Crippen LogP contribution is -2.45. The zero-order valence-electron chi connectivity index (χ0n) is 15.4. The molecule has 2 nitrogen and oxygen atoms in total. The lowest BCUT2D eigenvalue weighted by Gasteiger charge is -2.24. The molecule has 2 heteroatoms. The van der Waals surface area contributed by atoms with Crippen LogP contribution in [-0.2, 0) is 6.42 Å². The van der Waals surface area contributed by atoms with E-state index in [1.807, 2.05) is 6.07 Å². The zero-order valence-corrected chi connectivity index (χ0v) is 15.4. The van der Waals surface area contributed by atoms with Crippen molar-refractivity contribution in [2.24, 2.45) is 5.73 Å². The van der Waals surface area contributed by atoms with Gasteiger partial charge in [-0.3, -0.25) is 0 Å². The van der Waals surface area contributed by atoms with Crippen LogP contribution in [0.5, 0.6) is 0 Å². The van der Waals surface area contributed by atoms with Gasteiger partial charge in [0.2, 0.25) is 0 Å². The van der Waals surface area contributed by atoms with Crippen LogP contribution in [0.1, 0.15) is 43.7 Å². The van der Waals surface area contributed by atoms with Gasteiger partial charge in [0.1, 0.15) is 0 Å². The molecule has 2 aromatic rings. The summed E-state index contributed by atoms with van der Waals surface area (Å²) in [5.41, 5.74) is 9.09. The molecule has 0 aromatic heterocycles. The van der Waals surface area contributed by atoms with Crippen molar-refractivity contribution in [1.29, 1.82) is 0 Å². The van der Waals surface area contributed by atoms with Gasteiger partial charge < -0.3 is 11.1 Å². The Morgan fingerprint density at radius 2 is 1.68 bits per heavy atom. The van der Waals surface area contributed by atoms with Gasteiger partial charge in [0.25, 0.3) is 0 Å². The fourth-order valence-electron chi connectivity index (χ4n) is 3.09. The minimum Gasteiger partial charge on any atom is -0.326 e. The Hall–Kier alpha value is -1.90. The van der Waals surface area contributed by atoms with Crippen LogP contribution in [0.2, 0.25) is 0 Å². The number of benzene rings is 2. The summed E-state index contributed by atoms with van der Waals surface area (Å²) in [4.78, 5) is 0. The third-order valence-electron chi connectivity index (χ3n) is 4.53. The predicted octanol–water partition coefficient (Wildman–Crippen LogP) is 4.81. The Morgan fingerprint density at radius 1 is 1.00 bits per heavy atom. The second-order valence-electron chi connectivity index (χ2n) is 6.65. The number of nitrogens with one attached hydrogen (secondary N) is 1. The average Bonchev–Trinajstić information content (AvgIpc) is 2.66. The van der Waals surface area contributed by atoms with Gasteiger partial charge in [0.15, 0.2) is 0 Å². The number of rotatable bonds is 11. The molecule has 0 saturated heterocycles. The maximum absolute atomic E-state index is 6.45. The Labute approximate surface area is 153 Å². The maximum atomic E-state index is 6.45. The van der Waals surface area contributed by atoms with Gasteiger partial charge in [-0.15, -0.1) is 0 Å². The van der Waals surface area contributed by atoms with Crippen LogP contribution in [-0.4, -0.2) is 18.6 Å². The highest BCUT2D eigenvalue weighted by Gasteiger charge is 2.14. The molecule has 0 heterocycles. The van der Waals surface area contributed by atoms with Crippen LogP contribution in [0.4, 0.5) is 0 Å². The lowest BCUT2D eigenvalue weighted by atomic mass is 10.00. The van der Waals surface area contributed by atoms with Crippen molar-refractivity contribution >= 4 is 6.08 Å². The van der Waals surface area contributed by atoms with Gasteiger partial charge in [-0.1, -0.05) is 86.2 Å². The smallest absolute Gasteiger partial charge is 0.0229 e. The Morgan fingerprint density at radius 3 is 2.36 bits per heavy atom. The molecule has 0 aliphatic rings. The van der Waals surface area contributed by atoms with E-state index in [0.29, 0.717) is 6.04 Å². The van der Waals surface area contributed by atoms with Gasteiger partial charge in [-0.05, 0) is 43.4 Å². The number of aryl methyl sites for hydroxylation is 1. The van der Waals surface area contributed by atoms with E-state index in [2.05, 4.69) is 79.0 Å². The normalized spacial score (nSPS) is 13.8. The van der Waals surface area contributed by atoms with Crippen LogP contribution in [0.25, 0.3) is 6.08 Å². The maximum Gasteiger partial charge on any atom is 0.0229 e. The second kappa shape index (κ2) is 11.6. The molecule has 2 unspecified atom stereocenters. The van der Waals surface area contributed by atoms with Crippen LogP contribution in [0.15, 0.2) is 66.7 Å². The van der Waals surface area contributed by atoms with Gasteiger partial charge >= 0.3 is 0 Å². The van der Waals surface area contributed by atoms with E-state index in [4.69, 9.17) is 5.73 Å². The predicted molar refractivity (Wildman–Crippen MR) is 110 cm³/mol. The van der Waals surface area contributed by atoms with Gasteiger partial charge in [0, 0.05) is 12.1 Å². The highest BCUT2D eigenvalue weighted by Crippen LogP contribution is 2.08. The SMILES string of the molecule is CCCC(NCCCc1ccccc1)C(N)CC=Cc1ccccc1. The number of hydrogen-bond donors (Lipinski definition) is 2. The third kappa shape index (κ3) is 7.68. The monoisotopic (exact) mass is 336 g/mol. The van der Waals surface area contributed by atoms with Crippen LogP contribution in [0, 0.1) is 0 Å². The molecular weight excluding hydrogens is 304 g/mol. The highest BCUT2D eigenvalue weighted by molar-refractivity contribution is 5.48. The number of nitrogens with two attached hydrogens (primary N) is 1. The molecule has 2 aromatic carbocycles. The van der Waals surface area contributed by atoms with Gasteiger partial charge in [-0.2, -0.15) is 0 Å². The fourth-order valence-corrected chi connectivity index (χ4v) is 3.09. The summed E-state index contributed by atoms with van der Waals surface area (Å²) >= 11 is 0. The summed E-state index contributed by atoms with van der Waals surface area (Å²) in [6, 6.07) is 21.6. The molecule has 0 fully saturated rings. The fraction of sp³-hybridized carbons (Fsp3) is 0.391. The molecule has 0 amide bonds. The molecule has 0 radical (unpaired) electrons. The van der Waals surface area contributed by atoms with E-state index in [9.17, 15) is 0 Å². The summed E-state index contributed by atoms with van der Waals surface area (Å²) in [7, 11) is 0. The molecule has 0 spiro atoms. The summed E-state index contributed by atoms with van der Waals surface area (Å²) in [6.07, 6.45) is 9.84. The summed E-state index contributed by atoms with van der Waals surface area (Å²) in [5.74, 6) is 0. The summed E-state index contributed by atoms with van der Waals surface area (Å²) in [5, 5.41) is 3.68. The first-order valence-corrected chi connectivity index (χ1v) is 9.54. The molecule has 3 N–H and O–H groups in total. The van der Waals surface area contributed by atoms with Crippen molar-refractivity contribution in [1.82, 2.24) is 5.32 Å². The first-order valence-electron chi connectivity index (χ1n) is 9.54. The highest BCUT2D eigenvalue weighted by atomic mass is 14.9. The van der Waals surface area contributed by atoms with Crippen LogP contribution in [0.3, 0.4) is 0 Å². The minimum atomic E-state index is 0.164. The standard InChI is InChI=1S/C23H32N2/c1-2-11-23(25-19-10-17-21-14-7-4-8-15-21)22(24)18-9-16-20-12-5-3-6-13-20/h3-9,12-16,22-23,25H,2,10-11,17-19,24H2,1H3. The van der Waals surface area contributed by atoms with Gasteiger partial charge in [-0.25, -0.2) is 0 Å². The number of hydrogen-bond acceptors (Lipinski definition) is 2. The largest absolute Gasteiger partial charge is 0.326 e. The average molecular weight is 337 g/mol. The van der Waals surface area contributed by atoms with Gasteiger partial charge in [0.05, 0.1) is 0 Å². The van der Waals surface area contributed by atoms with E-state index < -0.39 is 0 Å². The quantitative estimate of drug-likeness (QED) is 0.578. The topological polar surface area (TPSA) is 38.0 Å². The molecule has 2 rings (SSSR count). The zero-order chi connectivity index (χ0) is 17.7. The van der Waals surface area contributed by atoms with E-state index >= 15 is 0 Å². The van der Waals surface area contributed by atoms with Crippen molar-refractivity contribution in [3.63, 3.8) is 0 Å². The van der Waals surface area contributed by atoms with E-state index in [0.717, 1.165) is 38.6 Å². The Bertz CT molecular complexity index is 592. The molecule has 0 bridgehead atoms. The molecule has 134 valence electrons. The lowest BCUT2D eigenvalue weighted by molar-refractivity contribution is 0.401. The Kier molecular flexibility index (Phi) is 9.03. The first-order chi connectivity index (χ1) is 12.3. The molecule has 0 aliphatic carbocycles. The summed E-state index contributed by atoms with van der Waals surface area (Å²) in [6.45, 7) is 3.25. The van der Waals surface area contributed by atoms with Crippen LogP contribution >= 0.6 is 0 Å². The van der Waals surface area contributed by atoms with Crippen molar-refractivity contribution in [2.45, 2.75) is 51.1 Å². The molecule has 0 aliphatic heterocycles. The molecular formula is C23H32N2. The van der Waals surface area contributed by atoms with E-state index in [1.165, 1.54) is 11.1 Å². The third-order valence-corrected chi connectivity index (χ3v) is 4.53. The minimum absolute atomic E-state index is 0.164. The van der Waals surface area contributed by atoms with Crippen molar-refractivity contribution in [2.75, 3.05) is 6.54 Å². The molecule has 2 atom stereocenters. The van der Waals surface area contributed by atoms with E-state index in [1.54, 1.807) is 0 Å². The van der Waals surface area contributed by atoms with Crippen molar-refractivity contribution < 1.29 is 0 Å². The second-order valence-corrected chi connectivity index (χ2v) is 6.65. The molecule has 25 heavy (non-hydrogen) atoms. The van der Waals surface area contributed by atoms with E-state index in [-0.39, 0.29) is 6.04 Å². The summed E-state index contributed by atoms with van der Waals surface area (Å²) < 4.78 is 0. The van der Waals surface area contributed by atoms with Crippen molar-refractivity contribution in [3.8, 4) is 0 Å².